The Balaban J connectivity index is 1.63. The number of amides is 1. The van der Waals surface area contributed by atoms with Gasteiger partial charge in [0.2, 0.25) is 5.91 Å². The van der Waals surface area contributed by atoms with Gasteiger partial charge in [0.1, 0.15) is 5.75 Å². The molecule has 0 unspecified atom stereocenters. The Morgan fingerprint density at radius 2 is 1.67 bits per heavy atom. The highest BCUT2D eigenvalue weighted by atomic mass is 16.5. The van der Waals surface area contributed by atoms with Crippen LogP contribution >= 0.6 is 0 Å². The number of nitrogens with zero attached hydrogens (tertiary/aromatic N) is 1. The first kappa shape index (κ1) is 18.0. The highest BCUT2D eigenvalue weighted by Crippen LogP contribution is 2.11. The summed E-state index contributed by atoms with van der Waals surface area (Å²) in [6.45, 7) is 1.95. The van der Waals surface area contributed by atoms with Gasteiger partial charge in [-0.15, -0.1) is 0 Å². The van der Waals surface area contributed by atoms with Crippen molar-refractivity contribution in [1.29, 1.82) is 0 Å². The second-order valence-electron chi connectivity index (χ2n) is 5.92. The number of ether oxygens (including phenoxy) is 1. The van der Waals surface area contributed by atoms with Gasteiger partial charge in [-0.25, -0.2) is 0 Å². The Bertz CT molecular complexity index is 611. The Morgan fingerprint density at radius 3 is 2.33 bits per heavy atom. The molecule has 1 N–H and O–H groups in total. The van der Waals surface area contributed by atoms with Crippen molar-refractivity contribution >= 4 is 5.91 Å². The molecule has 0 fully saturated rings. The summed E-state index contributed by atoms with van der Waals surface area (Å²) in [7, 11) is 3.63. The van der Waals surface area contributed by atoms with Crippen molar-refractivity contribution in [3.05, 3.63) is 65.7 Å². The first-order chi connectivity index (χ1) is 11.7. The Labute approximate surface area is 144 Å². The molecule has 0 bridgehead atoms. The van der Waals surface area contributed by atoms with Gasteiger partial charge >= 0.3 is 0 Å². The number of carbonyl (C=O) groups excluding carboxylic acids is 1. The van der Waals surface area contributed by atoms with E-state index in [0.717, 1.165) is 25.1 Å². The Hall–Kier alpha value is -2.33. The van der Waals surface area contributed by atoms with Gasteiger partial charge in [-0.2, -0.15) is 0 Å². The van der Waals surface area contributed by atoms with E-state index >= 15 is 0 Å². The third-order valence-corrected chi connectivity index (χ3v) is 3.93. The lowest BCUT2D eigenvalue weighted by Crippen LogP contribution is -2.36. The number of nitrogens with one attached hydrogen (secondary N) is 1. The monoisotopic (exact) mass is 326 g/mol. The van der Waals surface area contributed by atoms with Gasteiger partial charge in [-0.1, -0.05) is 42.5 Å². The second kappa shape index (κ2) is 9.73. The molecule has 128 valence electrons. The van der Waals surface area contributed by atoms with Crippen LogP contribution in [0.2, 0.25) is 0 Å². The molecular formula is C20H26N2O2. The van der Waals surface area contributed by atoms with Crippen molar-refractivity contribution in [2.75, 3.05) is 33.8 Å². The van der Waals surface area contributed by atoms with Crippen LogP contribution in [0.25, 0.3) is 0 Å². The lowest BCUT2D eigenvalue weighted by Gasteiger charge is -2.16. The number of likely N-dealkylation sites (N-methyl/N-ethyl adjacent to an activating group) is 1. The number of hydrogen-bond acceptors (Lipinski definition) is 3. The molecule has 0 saturated carbocycles. The summed E-state index contributed by atoms with van der Waals surface area (Å²) in [5.74, 6) is 0.918. The quantitative estimate of drug-likeness (QED) is 0.770. The molecule has 0 aliphatic heterocycles. The van der Waals surface area contributed by atoms with Gasteiger partial charge in [0.05, 0.1) is 13.7 Å². The highest BCUT2D eigenvalue weighted by Gasteiger charge is 2.06. The van der Waals surface area contributed by atoms with Crippen molar-refractivity contribution in [2.24, 2.45) is 0 Å². The summed E-state index contributed by atoms with van der Waals surface area (Å²) in [6, 6.07) is 18.3. The standard InChI is InChI=1S/C20H26N2O2/c1-22(15-13-17-6-4-3-5-7-17)16-20(23)21-14-12-18-8-10-19(24-2)11-9-18/h3-11H,12-16H2,1-2H3,(H,21,23). The lowest BCUT2D eigenvalue weighted by atomic mass is 10.1. The van der Waals surface area contributed by atoms with Gasteiger partial charge in [0.25, 0.3) is 0 Å². The molecule has 0 saturated heterocycles. The normalized spacial score (nSPS) is 10.6. The summed E-state index contributed by atoms with van der Waals surface area (Å²) in [6.07, 6.45) is 1.78. The number of carbonyl (C=O) groups is 1. The Morgan fingerprint density at radius 1 is 1.00 bits per heavy atom. The van der Waals surface area contributed by atoms with Crippen LogP contribution < -0.4 is 10.1 Å². The zero-order valence-corrected chi connectivity index (χ0v) is 14.5. The van der Waals surface area contributed by atoms with Gasteiger partial charge in [-0.05, 0) is 43.1 Å². The lowest BCUT2D eigenvalue weighted by molar-refractivity contribution is -0.121. The number of rotatable bonds is 9. The van der Waals surface area contributed by atoms with Crippen molar-refractivity contribution < 1.29 is 9.53 Å². The van der Waals surface area contributed by atoms with E-state index in [9.17, 15) is 4.79 Å². The molecule has 4 nitrogen and oxygen atoms in total. The van der Waals surface area contributed by atoms with Gasteiger partial charge in [0, 0.05) is 13.1 Å². The molecule has 0 atom stereocenters. The molecule has 4 heteroatoms. The molecule has 0 spiro atoms. The molecule has 24 heavy (non-hydrogen) atoms. The summed E-state index contributed by atoms with van der Waals surface area (Å²) in [4.78, 5) is 14.0. The zero-order chi connectivity index (χ0) is 17.2. The zero-order valence-electron chi connectivity index (χ0n) is 14.5. The van der Waals surface area contributed by atoms with E-state index in [2.05, 4.69) is 22.3 Å². The van der Waals surface area contributed by atoms with Gasteiger partial charge in [-0.3, -0.25) is 9.69 Å². The molecule has 0 heterocycles. The van der Waals surface area contributed by atoms with Crippen molar-refractivity contribution in [2.45, 2.75) is 12.8 Å². The first-order valence-electron chi connectivity index (χ1n) is 8.29. The fourth-order valence-corrected chi connectivity index (χ4v) is 2.48. The SMILES string of the molecule is COc1ccc(CCNC(=O)CN(C)CCc2ccccc2)cc1. The highest BCUT2D eigenvalue weighted by molar-refractivity contribution is 5.77. The summed E-state index contributed by atoms with van der Waals surface area (Å²) in [5, 5.41) is 2.98. The van der Waals surface area contributed by atoms with Crippen molar-refractivity contribution in [3.63, 3.8) is 0 Å². The maximum atomic E-state index is 12.0. The predicted molar refractivity (Wildman–Crippen MR) is 97.4 cm³/mol. The van der Waals surface area contributed by atoms with E-state index in [1.807, 2.05) is 49.5 Å². The summed E-state index contributed by atoms with van der Waals surface area (Å²) in [5.41, 5.74) is 2.48. The first-order valence-corrected chi connectivity index (χ1v) is 8.29. The van der Waals surface area contributed by atoms with Crippen LogP contribution in [0.15, 0.2) is 54.6 Å². The largest absolute Gasteiger partial charge is 0.497 e. The van der Waals surface area contributed by atoms with Crippen LogP contribution in [-0.2, 0) is 17.6 Å². The van der Waals surface area contributed by atoms with E-state index in [1.165, 1.54) is 11.1 Å². The fourth-order valence-electron chi connectivity index (χ4n) is 2.48. The molecule has 0 aliphatic rings. The molecule has 1 amide bonds. The molecule has 0 aromatic heterocycles. The minimum absolute atomic E-state index is 0.0686. The smallest absolute Gasteiger partial charge is 0.234 e. The molecule has 2 rings (SSSR count). The van der Waals surface area contributed by atoms with Crippen LogP contribution in [0.3, 0.4) is 0 Å². The molecule has 2 aromatic rings. The van der Waals surface area contributed by atoms with Crippen LogP contribution in [0.1, 0.15) is 11.1 Å². The molecule has 0 aliphatic carbocycles. The molecular weight excluding hydrogens is 300 g/mol. The number of methoxy groups -OCH3 is 1. The van der Waals surface area contributed by atoms with E-state index in [1.54, 1.807) is 7.11 Å². The minimum Gasteiger partial charge on any atom is -0.497 e. The van der Waals surface area contributed by atoms with E-state index < -0.39 is 0 Å². The average Bonchev–Trinajstić information content (AvgIpc) is 2.61. The number of benzene rings is 2. The topological polar surface area (TPSA) is 41.6 Å². The van der Waals surface area contributed by atoms with Crippen LogP contribution in [0.5, 0.6) is 5.75 Å². The second-order valence-corrected chi connectivity index (χ2v) is 5.92. The summed E-state index contributed by atoms with van der Waals surface area (Å²) < 4.78 is 5.14. The maximum absolute atomic E-state index is 12.0. The third kappa shape index (κ3) is 6.42. The maximum Gasteiger partial charge on any atom is 0.234 e. The minimum atomic E-state index is 0.0686. The van der Waals surface area contributed by atoms with Crippen molar-refractivity contribution in [3.8, 4) is 5.75 Å². The third-order valence-electron chi connectivity index (χ3n) is 3.93. The fraction of sp³-hybridized carbons (Fsp3) is 0.350. The molecule has 2 aromatic carbocycles. The van der Waals surface area contributed by atoms with Crippen molar-refractivity contribution in [1.82, 2.24) is 10.2 Å². The van der Waals surface area contributed by atoms with Gasteiger partial charge in [0.15, 0.2) is 0 Å². The Kier molecular flexibility index (Phi) is 7.30. The molecule has 0 radical (unpaired) electrons. The van der Waals surface area contributed by atoms with Crippen LogP contribution in [0, 0.1) is 0 Å². The van der Waals surface area contributed by atoms with Crippen LogP contribution in [0.4, 0.5) is 0 Å². The van der Waals surface area contributed by atoms with E-state index in [0.29, 0.717) is 13.1 Å². The average molecular weight is 326 g/mol. The van der Waals surface area contributed by atoms with E-state index in [-0.39, 0.29) is 5.91 Å². The predicted octanol–water partition coefficient (Wildman–Crippen LogP) is 2.53. The van der Waals surface area contributed by atoms with E-state index in [4.69, 9.17) is 4.74 Å². The summed E-state index contributed by atoms with van der Waals surface area (Å²) >= 11 is 0. The number of hydrogen-bond donors (Lipinski definition) is 1. The van der Waals surface area contributed by atoms with Gasteiger partial charge < -0.3 is 10.1 Å². The van der Waals surface area contributed by atoms with Crippen LogP contribution in [-0.4, -0.2) is 44.6 Å².